The second-order valence-electron chi connectivity index (χ2n) is 5.17. The van der Waals surface area contributed by atoms with Crippen LogP contribution < -0.4 is 5.32 Å². The predicted molar refractivity (Wildman–Crippen MR) is 89.7 cm³/mol. The van der Waals surface area contributed by atoms with Crippen molar-refractivity contribution in [2.24, 2.45) is 0 Å². The third-order valence-corrected chi connectivity index (χ3v) is 3.86. The van der Waals surface area contributed by atoms with E-state index in [1.54, 1.807) is 16.6 Å². The number of anilines is 1. The molecule has 0 aliphatic rings. The normalized spacial score (nSPS) is 11.2. The molecule has 0 aliphatic heterocycles. The van der Waals surface area contributed by atoms with Crippen LogP contribution in [0.5, 0.6) is 0 Å². The van der Waals surface area contributed by atoms with E-state index in [9.17, 15) is 0 Å². The summed E-state index contributed by atoms with van der Waals surface area (Å²) in [6.07, 6.45) is 0.898. The highest BCUT2D eigenvalue weighted by Gasteiger charge is 2.11. The molecular weight excluding hydrogens is 312 g/mol. The molecule has 4 aromatic rings. The first-order chi connectivity index (χ1) is 11.3. The highest BCUT2D eigenvalue weighted by molar-refractivity contribution is 6.31. The van der Waals surface area contributed by atoms with Crippen LogP contribution in [0.4, 0.5) is 5.82 Å². The van der Waals surface area contributed by atoms with E-state index in [2.05, 4.69) is 38.0 Å². The van der Waals surface area contributed by atoms with Crippen LogP contribution in [-0.2, 0) is 6.42 Å². The average Bonchev–Trinajstić information content (AvgIpc) is 3.06. The maximum Gasteiger partial charge on any atom is 0.222 e. The van der Waals surface area contributed by atoms with Gasteiger partial charge in [-0.25, -0.2) is 4.98 Å². The molecule has 0 spiro atoms. The lowest BCUT2D eigenvalue weighted by atomic mass is 10.1. The van der Waals surface area contributed by atoms with Crippen molar-refractivity contribution in [2.75, 3.05) is 11.9 Å². The minimum absolute atomic E-state index is 0.591. The van der Waals surface area contributed by atoms with Crippen LogP contribution in [0.2, 0.25) is 5.02 Å². The standard InChI is InChI=1S/C16H13ClN6/c17-12-6-7-13-14(10-12)23-16(20-21-22-23)15(19-13)18-9-8-11-4-2-1-3-5-11/h1-7,10H,8-9H2,(H,18,19). The molecular formula is C16H13ClN6. The van der Waals surface area contributed by atoms with E-state index in [0.29, 0.717) is 16.5 Å². The minimum Gasteiger partial charge on any atom is -0.367 e. The van der Waals surface area contributed by atoms with E-state index in [1.807, 2.05) is 24.3 Å². The number of fused-ring (bicyclic) bond motifs is 3. The Balaban J connectivity index is 1.66. The third-order valence-electron chi connectivity index (χ3n) is 3.63. The van der Waals surface area contributed by atoms with E-state index < -0.39 is 0 Å². The van der Waals surface area contributed by atoms with Crippen molar-refractivity contribution in [3.8, 4) is 0 Å². The molecule has 7 heteroatoms. The fourth-order valence-electron chi connectivity index (χ4n) is 2.52. The Morgan fingerprint density at radius 3 is 2.83 bits per heavy atom. The van der Waals surface area contributed by atoms with Gasteiger partial charge in [-0.2, -0.15) is 4.52 Å². The molecule has 0 atom stereocenters. The maximum absolute atomic E-state index is 6.05. The smallest absolute Gasteiger partial charge is 0.222 e. The number of hydrogen-bond donors (Lipinski definition) is 1. The first-order valence-corrected chi connectivity index (χ1v) is 7.64. The van der Waals surface area contributed by atoms with Crippen LogP contribution in [0, 0.1) is 0 Å². The monoisotopic (exact) mass is 324 g/mol. The summed E-state index contributed by atoms with van der Waals surface area (Å²) in [7, 11) is 0. The number of nitrogens with zero attached hydrogens (tertiary/aromatic N) is 5. The first-order valence-electron chi connectivity index (χ1n) is 7.26. The molecule has 0 unspecified atom stereocenters. The van der Waals surface area contributed by atoms with Crippen LogP contribution >= 0.6 is 11.6 Å². The molecule has 0 bridgehead atoms. The van der Waals surface area contributed by atoms with Crippen molar-refractivity contribution in [2.45, 2.75) is 6.42 Å². The third kappa shape index (κ3) is 2.68. The van der Waals surface area contributed by atoms with Crippen molar-refractivity contribution in [3.63, 3.8) is 0 Å². The van der Waals surface area contributed by atoms with E-state index >= 15 is 0 Å². The largest absolute Gasteiger partial charge is 0.367 e. The molecule has 2 aromatic carbocycles. The zero-order valence-corrected chi connectivity index (χ0v) is 12.9. The number of benzene rings is 2. The van der Waals surface area contributed by atoms with Gasteiger partial charge in [0, 0.05) is 11.6 Å². The summed E-state index contributed by atoms with van der Waals surface area (Å²) in [6, 6.07) is 15.8. The van der Waals surface area contributed by atoms with Crippen LogP contribution in [0.15, 0.2) is 48.5 Å². The molecule has 0 saturated carbocycles. The summed E-state index contributed by atoms with van der Waals surface area (Å²) in [5.74, 6) is 0.667. The Morgan fingerprint density at radius 2 is 1.96 bits per heavy atom. The van der Waals surface area contributed by atoms with Gasteiger partial charge in [0.05, 0.1) is 11.0 Å². The molecule has 0 aliphatic carbocycles. The van der Waals surface area contributed by atoms with Crippen molar-refractivity contribution in [1.82, 2.24) is 25.0 Å². The summed E-state index contributed by atoms with van der Waals surface area (Å²) in [5, 5.41) is 15.8. The molecule has 6 nitrogen and oxygen atoms in total. The van der Waals surface area contributed by atoms with Gasteiger partial charge in [0.1, 0.15) is 0 Å². The molecule has 2 heterocycles. The van der Waals surface area contributed by atoms with Gasteiger partial charge in [0.15, 0.2) is 5.82 Å². The molecule has 2 aromatic heterocycles. The van der Waals surface area contributed by atoms with Crippen molar-refractivity contribution in [1.29, 1.82) is 0 Å². The lowest BCUT2D eigenvalue weighted by Crippen LogP contribution is -2.09. The number of aromatic nitrogens is 5. The van der Waals surface area contributed by atoms with E-state index in [4.69, 9.17) is 11.6 Å². The Hall–Kier alpha value is -2.73. The lowest BCUT2D eigenvalue weighted by molar-refractivity contribution is 0.840. The Morgan fingerprint density at radius 1 is 1.09 bits per heavy atom. The van der Waals surface area contributed by atoms with Gasteiger partial charge in [-0.15, -0.1) is 5.10 Å². The van der Waals surface area contributed by atoms with Gasteiger partial charge in [-0.05, 0) is 40.6 Å². The number of tetrazole rings is 1. The SMILES string of the molecule is Clc1ccc2nc(NCCc3ccccc3)c3nnnn3c2c1. The van der Waals surface area contributed by atoms with E-state index in [0.717, 1.165) is 24.0 Å². The predicted octanol–water partition coefficient (Wildman–Crippen LogP) is 2.98. The number of nitrogens with one attached hydrogen (secondary N) is 1. The average molecular weight is 325 g/mol. The number of halogens is 1. The van der Waals surface area contributed by atoms with Gasteiger partial charge >= 0.3 is 0 Å². The fourth-order valence-corrected chi connectivity index (χ4v) is 2.68. The highest BCUT2D eigenvalue weighted by atomic mass is 35.5. The lowest BCUT2D eigenvalue weighted by Gasteiger charge is -2.08. The quantitative estimate of drug-likeness (QED) is 0.625. The summed E-state index contributed by atoms with van der Waals surface area (Å²) >= 11 is 6.05. The molecule has 23 heavy (non-hydrogen) atoms. The topological polar surface area (TPSA) is 68.0 Å². The van der Waals surface area contributed by atoms with E-state index in [1.165, 1.54) is 5.56 Å². The summed E-state index contributed by atoms with van der Waals surface area (Å²) < 4.78 is 1.65. The molecule has 114 valence electrons. The van der Waals surface area contributed by atoms with Crippen molar-refractivity contribution < 1.29 is 0 Å². The Labute approximate surface area is 137 Å². The number of hydrogen-bond acceptors (Lipinski definition) is 5. The second kappa shape index (κ2) is 5.81. The summed E-state index contributed by atoms with van der Waals surface area (Å²) in [4.78, 5) is 4.61. The first kappa shape index (κ1) is 13.9. The minimum atomic E-state index is 0.591. The second-order valence-corrected chi connectivity index (χ2v) is 5.61. The van der Waals surface area contributed by atoms with Crippen LogP contribution in [0.25, 0.3) is 16.7 Å². The van der Waals surface area contributed by atoms with Gasteiger partial charge in [-0.3, -0.25) is 0 Å². The highest BCUT2D eigenvalue weighted by Crippen LogP contribution is 2.22. The van der Waals surface area contributed by atoms with Crippen LogP contribution in [-0.4, -0.2) is 31.6 Å². The van der Waals surface area contributed by atoms with E-state index in [-0.39, 0.29) is 0 Å². The van der Waals surface area contributed by atoms with Crippen molar-refractivity contribution in [3.05, 3.63) is 59.1 Å². The van der Waals surface area contributed by atoms with Gasteiger partial charge in [-0.1, -0.05) is 41.9 Å². The Kier molecular flexibility index (Phi) is 3.51. The molecule has 0 fully saturated rings. The zero-order valence-electron chi connectivity index (χ0n) is 12.1. The van der Waals surface area contributed by atoms with Gasteiger partial charge in [0.2, 0.25) is 5.65 Å². The van der Waals surface area contributed by atoms with Crippen LogP contribution in [0.3, 0.4) is 0 Å². The maximum atomic E-state index is 6.05. The number of rotatable bonds is 4. The van der Waals surface area contributed by atoms with Crippen LogP contribution in [0.1, 0.15) is 5.56 Å². The molecule has 0 radical (unpaired) electrons. The summed E-state index contributed by atoms with van der Waals surface area (Å²) in [5.41, 5.74) is 3.43. The molecule has 0 saturated heterocycles. The fraction of sp³-hybridized carbons (Fsp3) is 0.125. The van der Waals surface area contributed by atoms with Crippen molar-refractivity contribution >= 4 is 34.1 Å². The Bertz CT molecular complexity index is 966. The zero-order chi connectivity index (χ0) is 15.6. The molecule has 0 amide bonds. The summed E-state index contributed by atoms with van der Waals surface area (Å²) in [6.45, 7) is 0.749. The van der Waals surface area contributed by atoms with Gasteiger partial charge < -0.3 is 5.32 Å². The molecule has 4 rings (SSSR count). The van der Waals surface area contributed by atoms with Gasteiger partial charge in [0.25, 0.3) is 0 Å². The molecule has 1 N–H and O–H groups in total.